The molecule has 3 N–H and O–H groups in total. The van der Waals surface area contributed by atoms with Gasteiger partial charge in [-0.1, -0.05) is 35.3 Å². The number of ether oxygens (including phenoxy) is 2. The Bertz CT molecular complexity index is 2330. The average Bonchev–Trinajstić information content (AvgIpc) is 4.04. The fraction of sp³-hybridized carbons (Fsp3) is 0.286. The van der Waals surface area contributed by atoms with Crippen LogP contribution in [0.5, 0.6) is 11.5 Å². The predicted molar refractivity (Wildman–Crippen MR) is 224 cm³/mol. The number of anilines is 4. The molecule has 0 unspecified atom stereocenters. The molecule has 62 heavy (non-hydrogen) atoms. The zero-order chi connectivity index (χ0) is 45.3. The minimum absolute atomic E-state index is 0.0803. The van der Waals surface area contributed by atoms with E-state index in [0.29, 0.717) is 47.7 Å². The quantitative estimate of drug-likeness (QED) is 0.0861. The standard InChI is InChI=1S/C25H26F3N5O3.C17H14Cl2F2N2O3/c1-32(2)22-19(14-21(34)35)23(33(3)4)31-20(30-22)13-15-5-11-18(12-6-15)29-24(36)16-7-9-17(10-8-16)25(26,27)28;18-11-6-22-7-12(19)15(11)23-16(24)10-3-4-13(26-17(20)21)14(5-10)25-8-9-1-2-9/h5-12H,13-14H2,1-4H3,(H,29,36)(H,34,35);3-7,9,17H,1-2,8H2,(H,22,23,24). The molecule has 2 amide bonds. The van der Waals surface area contributed by atoms with Crippen LogP contribution < -0.4 is 29.9 Å². The molecule has 0 saturated heterocycles. The Morgan fingerprint density at radius 2 is 1.39 bits per heavy atom. The van der Waals surface area contributed by atoms with Gasteiger partial charge in [-0.25, -0.2) is 9.97 Å². The van der Waals surface area contributed by atoms with Crippen molar-refractivity contribution in [1.82, 2.24) is 15.0 Å². The van der Waals surface area contributed by atoms with Gasteiger partial charge in [-0.3, -0.25) is 19.4 Å². The fourth-order valence-corrected chi connectivity index (χ4v) is 6.16. The summed E-state index contributed by atoms with van der Waals surface area (Å²) < 4.78 is 73.3. The summed E-state index contributed by atoms with van der Waals surface area (Å²) in [6.45, 7) is -2.61. The Kier molecular flexibility index (Phi) is 15.5. The number of nitrogens with one attached hydrogen (secondary N) is 2. The van der Waals surface area contributed by atoms with E-state index in [2.05, 4.69) is 30.3 Å². The minimum Gasteiger partial charge on any atom is -0.489 e. The highest BCUT2D eigenvalue weighted by atomic mass is 35.5. The summed E-state index contributed by atoms with van der Waals surface area (Å²) in [6.07, 6.45) is 0.427. The van der Waals surface area contributed by atoms with E-state index in [0.717, 1.165) is 42.7 Å². The number of hydrogen-bond acceptors (Lipinski definition) is 10. The van der Waals surface area contributed by atoms with Crippen LogP contribution >= 0.6 is 23.2 Å². The van der Waals surface area contributed by atoms with Crippen LogP contribution in [0.25, 0.3) is 0 Å². The van der Waals surface area contributed by atoms with E-state index in [4.69, 9.17) is 27.9 Å². The lowest BCUT2D eigenvalue weighted by Crippen LogP contribution is -2.22. The monoisotopic (exact) mass is 903 g/mol. The first-order valence-corrected chi connectivity index (χ1v) is 19.4. The maximum absolute atomic E-state index is 12.7. The molecule has 13 nitrogen and oxygen atoms in total. The first-order chi connectivity index (χ1) is 29.3. The molecule has 0 aliphatic heterocycles. The molecule has 2 heterocycles. The van der Waals surface area contributed by atoms with E-state index in [1.54, 1.807) is 62.3 Å². The predicted octanol–water partition coefficient (Wildman–Crippen LogP) is 9.13. The number of carbonyl (C=O) groups excluding carboxylic acids is 2. The van der Waals surface area contributed by atoms with Crippen LogP contribution in [0.3, 0.4) is 0 Å². The molecule has 1 aliphatic rings. The Labute approximate surface area is 362 Å². The molecule has 20 heteroatoms. The highest BCUT2D eigenvalue weighted by Gasteiger charge is 2.30. The van der Waals surface area contributed by atoms with Crippen molar-refractivity contribution in [3.05, 3.63) is 123 Å². The second kappa shape index (κ2) is 20.5. The number of aromatic nitrogens is 3. The van der Waals surface area contributed by atoms with Crippen LogP contribution in [-0.2, 0) is 23.8 Å². The number of nitrogens with zero attached hydrogens (tertiary/aromatic N) is 5. The lowest BCUT2D eigenvalue weighted by Gasteiger charge is -2.22. The van der Waals surface area contributed by atoms with E-state index < -0.39 is 36.1 Å². The van der Waals surface area contributed by atoms with Gasteiger partial charge in [-0.2, -0.15) is 22.0 Å². The Morgan fingerprint density at radius 1 is 0.823 bits per heavy atom. The molecule has 0 radical (unpaired) electrons. The third kappa shape index (κ3) is 13.1. The molecule has 1 fully saturated rings. The van der Waals surface area contributed by atoms with Crippen molar-refractivity contribution >= 4 is 64.0 Å². The summed E-state index contributed by atoms with van der Waals surface area (Å²) in [5.41, 5.74) is 1.52. The largest absolute Gasteiger partial charge is 0.489 e. The topological polar surface area (TPSA) is 159 Å². The Balaban J connectivity index is 0.000000246. The first kappa shape index (κ1) is 46.8. The molecule has 0 atom stereocenters. The van der Waals surface area contributed by atoms with Crippen molar-refractivity contribution in [2.24, 2.45) is 5.92 Å². The number of carboxylic acid groups (broad SMARTS) is 1. The van der Waals surface area contributed by atoms with Gasteiger partial charge in [-0.15, -0.1) is 0 Å². The maximum atomic E-state index is 12.7. The summed E-state index contributed by atoms with van der Waals surface area (Å²) in [7, 11) is 7.13. The molecule has 6 rings (SSSR count). The van der Waals surface area contributed by atoms with Crippen molar-refractivity contribution in [2.45, 2.75) is 38.5 Å². The van der Waals surface area contributed by atoms with Crippen LogP contribution in [0.2, 0.25) is 10.0 Å². The molecular formula is C42H40Cl2F5N7O6. The highest BCUT2D eigenvalue weighted by molar-refractivity contribution is 6.39. The molecular weight excluding hydrogens is 864 g/mol. The fourth-order valence-electron chi connectivity index (χ4n) is 5.70. The molecule has 1 aliphatic carbocycles. The Morgan fingerprint density at radius 3 is 1.90 bits per heavy atom. The van der Waals surface area contributed by atoms with Gasteiger partial charge in [0.25, 0.3) is 11.8 Å². The molecule has 1 saturated carbocycles. The van der Waals surface area contributed by atoms with Gasteiger partial charge in [0.1, 0.15) is 17.5 Å². The number of benzene rings is 3. The molecule has 0 spiro atoms. The van der Waals surface area contributed by atoms with Gasteiger partial charge in [0, 0.05) is 69.4 Å². The van der Waals surface area contributed by atoms with E-state index in [-0.39, 0.29) is 44.8 Å². The van der Waals surface area contributed by atoms with Gasteiger partial charge in [0.15, 0.2) is 11.5 Å². The van der Waals surface area contributed by atoms with Crippen LogP contribution in [0.15, 0.2) is 79.1 Å². The van der Waals surface area contributed by atoms with Gasteiger partial charge in [-0.05, 0) is 78.9 Å². The van der Waals surface area contributed by atoms with E-state index >= 15 is 0 Å². The molecule has 5 aromatic rings. The third-order valence-corrected chi connectivity index (χ3v) is 9.49. The van der Waals surface area contributed by atoms with Crippen LogP contribution in [0.4, 0.5) is 45.0 Å². The van der Waals surface area contributed by atoms with Crippen LogP contribution in [0, 0.1) is 5.92 Å². The number of pyridine rings is 1. The number of carbonyl (C=O) groups is 3. The maximum Gasteiger partial charge on any atom is 0.416 e. The van der Waals surface area contributed by atoms with Crippen molar-refractivity contribution < 1.29 is 50.9 Å². The van der Waals surface area contributed by atoms with E-state index in [9.17, 15) is 41.4 Å². The second-order valence-corrected chi connectivity index (χ2v) is 15.1. The summed E-state index contributed by atoms with van der Waals surface area (Å²) >= 11 is 12.0. The zero-order valence-electron chi connectivity index (χ0n) is 33.6. The average molecular weight is 905 g/mol. The van der Waals surface area contributed by atoms with Gasteiger partial charge < -0.3 is 35.0 Å². The highest BCUT2D eigenvalue weighted by Crippen LogP contribution is 2.36. The SMILES string of the molecule is CN(C)c1nc(Cc2ccc(NC(=O)c3ccc(C(F)(F)F)cc3)cc2)nc(N(C)C)c1CC(=O)O.O=C(Nc1c(Cl)cncc1Cl)c1ccc(OC(F)F)c(OCC2CC2)c1. The van der Waals surface area contributed by atoms with Crippen molar-refractivity contribution in [1.29, 1.82) is 0 Å². The number of carboxylic acids is 1. The number of aliphatic carboxylic acids is 1. The van der Waals surface area contributed by atoms with Crippen molar-refractivity contribution in [3.8, 4) is 11.5 Å². The number of halogens is 7. The molecule has 3 aromatic carbocycles. The summed E-state index contributed by atoms with van der Waals surface area (Å²) in [6, 6.07) is 14.9. The van der Waals surface area contributed by atoms with Gasteiger partial charge in [0.05, 0.1) is 34.3 Å². The summed E-state index contributed by atoms with van der Waals surface area (Å²) in [4.78, 5) is 52.7. The number of amides is 2. The van der Waals surface area contributed by atoms with E-state index in [1.807, 2.05) is 0 Å². The van der Waals surface area contributed by atoms with Gasteiger partial charge in [0.2, 0.25) is 0 Å². The van der Waals surface area contributed by atoms with Crippen LogP contribution in [0.1, 0.15) is 56.1 Å². The van der Waals surface area contributed by atoms with Gasteiger partial charge >= 0.3 is 18.8 Å². The summed E-state index contributed by atoms with van der Waals surface area (Å²) in [5, 5.41) is 14.9. The number of rotatable bonds is 15. The normalized spacial score (nSPS) is 12.2. The Hall–Kier alpha value is -6.27. The first-order valence-electron chi connectivity index (χ1n) is 18.6. The van der Waals surface area contributed by atoms with Crippen molar-refractivity contribution in [3.63, 3.8) is 0 Å². The smallest absolute Gasteiger partial charge is 0.416 e. The van der Waals surface area contributed by atoms with Crippen molar-refractivity contribution in [2.75, 3.05) is 55.2 Å². The van der Waals surface area contributed by atoms with E-state index in [1.165, 1.54) is 30.6 Å². The minimum atomic E-state index is -4.47. The third-order valence-electron chi connectivity index (χ3n) is 8.92. The molecule has 0 bridgehead atoms. The zero-order valence-corrected chi connectivity index (χ0v) is 35.1. The molecule has 2 aromatic heterocycles. The second-order valence-electron chi connectivity index (χ2n) is 14.3. The molecule has 328 valence electrons. The lowest BCUT2D eigenvalue weighted by molar-refractivity contribution is -0.138. The lowest BCUT2D eigenvalue weighted by atomic mass is 10.1. The summed E-state index contributed by atoms with van der Waals surface area (Å²) in [5.74, 6) is -0.141. The van der Waals surface area contributed by atoms with Crippen LogP contribution in [-0.4, -0.2) is 79.3 Å². The number of alkyl halides is 5. The number of hydrogen-bond donors (Lipinski definition) is 3.